The second kappa shape index (κ2) is 8.50. The minimum Gasteiger partial charge on any atom is -0.341 e. The molecule has 3 aliphatic carbocycles. The lowest BCUT2D eigenvalue weighted by molar-refractivity contribution is -0.139. The van der Waals surface area contributed by atoms with Crippen molar-refractivity contribution in [3.8, 4) is 0 Å². The average molecular weight is 376 g/mol. The van der Waals surface area contributed by atoms with Crippen LogP contribution in [-0.4, -0.2) is 53.8 Å². The fraction of sp³-hybridized carbons (Fsp3) is 0.909. The maximum absolute atomic E-state index is 13.2. The standard InChI is InChI=1S/C22H37N3O2/c23-21-17-7-3-8-18(21)15-19(14-17)22(27)25-10-4-9-24(11-12-25)20(26)13-16-5-1-2-6-16/h16-19,21H,1-15,23H2. The van der Waals surface area contributed by atoms with Crippen LogP contribution in [0.25, 0.3) is 0 Å². The molecule has 4 fully saturated rings. The Hall–Kier alpha value is -1.10. The Kier molecular flexibility index (Phi) is 6.05. The lowest BCUT2D eigenvalue weighted by Crippen LogP contribution is -2.50. The monoisotopic (exact) mass is 375 g/mol. The van der Waals surface area contributed by atoms with E-state index in [1.54, 1.807) is 0 Å². The highest BCUT2D eigenvalue weighted by Crippen LogP contribution is 2.42. The van der Waals surface area contributed by atoms with Gasteiger partial charge in [0.15, 0.2) is 0 Å². The van der Waals surface area contributed by atoms with Crippen LogP contribution >= 0.6 is 0 Å². The van der Waals surface area contributed by atoms with Gasteiger partial charge in [-0.25, -0.2) is 0 Å². The molecule has 1 heterocycles. The molecule has 0 radical (unpaired) electrons. The summed E-state index contributed by atoms with van der Waals surface area (Å²) in [5.74, 6) is 2.51. The van der Waals surface area contributed by atoms with Gasteiger partial charge in [0.25, 0.3) is 0 Å². The number of carbonyl (C=O) groups excluding carboxylic acids is 2. The van der Waals surface area contributed by atoms with Crippen molar-refractivity contribution in [2.45, 2.75) is 76.7 Å². The first-order valence-electron chi connectivity index (χ1n) is 11.4. The van der Waals surface area contributed by atoms with Gasteiger partial charge in [0.1, 0.15) is 0 Å². The molecule has 0 aromatic carbocycles. The molecular formula is C22H37N3O2. The van der Waals surface area contributed by atoms with E-state index < -0.39 is 0 Å². The Labute approximate surface area is 164 Å². The van der Waals surface area contributed by atoms with Crippen LogP contribution in [-0.2, 0) is 9.59 Å². The van der Waals surface area contributed by atoms with E-state index in [2.05, 4.69) is 4.90 Å². The number of rotatable bonds is 3. The van der Waals surface area contributed by atoms with E-state index in [4.69, 9.17) is 5.73 Å². The molecule has 5 heteroatoms. The van der Waals surface area contributed by atoms with E-state index in [0.29, 0.717) is 42.2 Å². The molecule has 1 saturated heterocycles. The molecule has 0 aromatic rings. The Balaban J connectivity index is 1.30. The van der Waals surface area contributed by atoms with Crippen molar-refractivity contribution in [1.82, 2.24) is 9.80 Å². The van der Waals surface area contributed by atoms with Crippen LogP contribution in [0.15, 0.2) is 0 Å². The zero-order chi connectivity index (χ0) is 18.8. The minimum atomic E-state index is 0.167. The summed E-state index contributed by atoms with van der Waals surface area (Å²) >= 11 is 0. The summed E-state index contributed by atoms with van der Waals surface area (Å²) in [5.41, 5.74) is 6.40. The van der Waals surface area contributed by atoms with Crippen molar-refractivity contribution in [3.63, 3.8) is 0 Å². The van der Waals surface area contributed by atoms with E-state index >= 15 is 0 Å². The Morgan fingerprint density at radius 1 is 0.778 bits per heavy atom. The third kappa shape index (κ3) is 4.33. The number of nitrogens with two attached hydrogens (primary N) is 1. The minimum absolute atomic E-state index is 0.167. The van der Waals surface area contributed by atoms with Crippen LogP contribution in [0.2, 0.25) is 0 Å². The molecular weight excluding hydrogens is 338 g/mol. The molecule has 0 aromatic heterocycles. The molecule has 3 saturated carbocycles. The first-order chi connectivity index (χ1) is 13.1. The maximum atomic E-state index is 13.2. The first kappa shape index (κ1) is 19.2. The topological polar surface area (TPSA) is 66.6 Å². The molecule has 152 valence electrons. The Morgan fingerprint density at radius 3 is 2.11 bits per heavy atom. The zero-order valence-electron chi connectivity index (χ0n) is 16.8. The van der Waals surface area contributed by atoms with Gasteiger partial charge in [-0.2, -0.15) is 0 Å². The highest BCUT2D eigenvalue weighted by atomic mass is 16.2. The van der Waals surface area contributed by atoms with Crippen molar-refractivity contribution >= 4 is 11.8 Å². The Bertz CT molecular complexity index is 532. The second-order valence-corrected chi connectivity index (χ2v) is 9.61. The normalized spacial score (nSPS) is 35.1. The van der Waals surface area contributed by atoms with Gasteiger partial charge in [-0.05, 0) is 62.7 Å². The number of hydrogen-bond acceptors (Lipinski definition) is 3. The van der Waals surface area contributed by atoms with Gasteiger partial charge in [0.2, 0.25) is 11.8 Å². The maximum Gasteiger partial charge on any atom is 0.225 e. The van der Waals surface area contributed by atoms with E-state index in [-0.39, 0.29) is 5.92 Å². The summed E-state index contributed by atoms with van der Waals surface area (Å²) in [6, 6.07) is 0.315. The molecule has 0 spiro atoms. The van der Waals surface area contributed by atoms with Crippen LogP contribution in [0.1, 0.15) is 70.6 Å². The fourth-order valence-electron chi connectivity index (χ4n) is 6.23. The van der Waals surface area contributed by atoms with Gasteiger partial charge in [-0.3, -0.25) is 9.59 Å². The van der Waals surface area contributed by atoms with Gasteiger partial charge in [0.05, 0.1) is 0 Å². The zero-order valence-corrected chi connectivity index (χ0v) is 16.8. The van der Waals surface area contributed by atoms with Gasteiger partial charge >= 0.3 is 0 Å². The summed E-state index contributed by atoms with van der Waals surface area (Å²) in [5, 5.41) is 0. The van der Waals surface area contributed by atoms with Gasteiger partial charge in [-0.1, -0.05) is 19.3 Å². The SMILES string of the molecule is NC1C2CCCC1CC(C(=O)N1CCCN(C(=O)CC3CCCC3)CC1)C2. The van der Waals surface area contributed by atoms with Crippen molar-refractivity contribution in [1.29, 1.82) is 0 Å². The van der Waals surface area contributed by atoms with Gasteiger partial charge < -0.3 is 15.5 Å². The van der Waals surface area contributed by atoms with E-state index in [9.17, 15) is 9.59 Å². The summed E-state index contributed by atoms with van der Waals surface area (Å²) < 4.78 is 0. The van der Waals surface area contributed by atoms with E-state index in [1.807, 2.05) is 4.90 Å². The summed E-state index contributed by atoms with van der Waals surface area (Å²) in [6.45, 7) is 3.06. The molecule has 2 atom stereocenters. The average Bonchev–Trinajstić information content (AvgIpc) is 3.02. The van der Waals surface area contributed by atoms with E-state index in [1.165, 1.54) is 44.9 Å². The number of nitrogens with zero attached hydrogens (tertiary/aromatic N) is 2. The van der Waals surface area contributed by atoms with Gasteiger partial charge in [-0.15, -0.1) is 0 Å². The molecule has 2 amide bonds. The summed E-state index contributed by atoms with van der Waals surface area (Å²) in [6.07, 6.45) is 12.3. The molecule has 4 rings (SSSR count). The summed E-state index contributed by atoms with van der Waals surface area (Å²) in [4.78, 5) is 29.9. The van der Waals surface area contributed by atoms with Crippen molar-refractivity contribution in [3.05, 3.63) is 0 Å². The third-order valence-corrected chi connectivity index (χ3v) is 7.86. The molecule has 2 unspecified atom stereocenters. The molecule has 1 aliphatic heterocycles. The molecule has 4 aliphatic rings. The third-order valence-electron chi connectivity index (χ3n) is 7.86. The van der Waals surface area contributed by atoms with E-state index in [0.717, 1.165) is 45.3 Å². The van der Waals surface area contributed by atoms with Crippen LogP contribution in [0.3, 0.4) is 0 Å². The van der Waals surface area contributed by atoms with Crippen LogP contribution in [0.4, 0.5) is 0 Å². The highest BCUT2D eigenvalue weighted by Gasteiger charge is 2.41. The predicted molar refractivity (Wildman–Crippen MR) is 106 cm³/mol. The smallest absolute Gasteiger partial charge is 0.225 e. The molecule has 27 heavy (non-hydrogen) atoms. The van der Waals surface area contributed by atoms with Crippen molar-refractivity contribution in [2.75, 3.05) is 26.2 Å². The predicted octanol–water partition coefficient (Wildman–Crippen LogP) is 2.78. The van der Waals surface area contributed by atoms with Crippen LogP contribution < -0.4 is 5.73 Å². The largest absolute Gasteiger partial charge is 0.341 e. The van der Waals surface area contributed by atoms with Crippen LogP contribution in [0.5, 0.6) is 0 Å². The van der Waals surface area contributed by atoms with Crippen molar-refractivity contribution < 1.29 is 9.59 Å². The number of fused-ring (bicyclic) bond motifs is 2. The highest BCUT2D eigenvalue weighted by molar-refractivity contribution is 5.80. The Morgan fingerprint density at radius 2 is 1.41 bits per heavy atom. The fourth-order valence-corrected chi connectivity index (χ4v) is 6.23. The van der Waals surface area contributed by atoms with Gasteiger partial charge in [0, 0.05) is 44.6 Å². The lowest BCUT2D eigenvalue weighted by atomic mass is 9.65. The lowest BCUT2D eigenvalue weighted by Gasteiger charge is -2.44. The van der Waals surface area contributed by atoms with Crippen molar-refractivity contribution in [2.24, 2.45) is 29.4 Å². The van der Waals surface area contributed by atoms with Crippen LogP contribution in [0, 0.1) is 23.7 Å². The molecule has 2 bridgehead atoms. The summed E-state index contributed by atoms with van der Waals surface area (Å²) in [7, 11) is 0. The number of carbonyl (C=O) groups is 2. The molecule has 2 N–H and O–H groups in total. The molecule has 5 nitrogen and oxygen atoms in total. The quantitative estimate of drug-likeness (QED) is 0.825. The first-order valence-corrected chi connectivity index (χ1v) is 11.4. The number of hydrogen-bond donors (Lipinski definition) is 1. The second-order valence-electron chi connectivity index (χ2n) is 9.61. The number of amides is 2.